The molecular formula is C20H16N4O6. The van der Waals surface area contributed by atoms with E-state index in [-0.39, 0.29) is 24.3 Å². The molecule has 2 aliphatic rings. The molecule has 10 nitrogen and oxygen atoms in total. The van der Waals surface area contributed by atoms with Crippen LogP contribution in [0, 0.1) is 12.0 Å². The molecule has 0 saturated heterocycles. The minimum Gasteiger partial charge on any atom is -0.493 e. The van der Waals surface area contributed by atoms with Gasteiger partial charge in [0.15, 0.2) is 5.82 Å². The summed E-state index contributed by atoms with van der Waals surface area (Å²) in [5.74, 6) is 0.0306. The molecule has 0 fully saturated rings. The third-order valence-corrected chi connectivity index (χ3v) is 4.16. The number of aromatic nitrogens is 3. The largest absolute Gasteiger partial charge is 0.493 e. The number of carbonyl (C=O) groups excluding carboxylic acids is 1. The van der Waals surface area contributed by atoms with Crippen LogP contribution in [-0.4, -0.2) is 53.7 Å². The molecule has 0 bridgehead atoms. The second kappa shape index (κ2) is 8.74. The number of rotatable bonds is 6. The molecule has 0 aromatic heterocycles. The molecule has 0 radical (unpaired) electrons. The van der Waals surface area contributed by atoms with E-state index in [1.54, 1.807) is 18.2 Å². The minimum atomic E-state index is -1.31. The van der Waals surface area contributed by atoms with Gasteiger partial charge in [-0.3, -0.25) is 9.59 Å². The molecule has 1 amide bonds. The Kier molecular flexibility index (Phi) is 5.93. The summed E-state index contributed by atoms with van der Waals surface area (Å²) in [6, 6.07) is 9.07. The number of fused-ring (bicyclic) bond motifs is 1. The predicted octanol–water partition coefficient (Wildman–Crippen LogP) is 0.994. The van der Waals surface area contributed by atoms with E-state index in [2.05, 4.69) is 27.2 Å². The summed E-state index contributed by atoms with van der Waals surface area (Å²) in [6.07, 6.45) is 2.26. The maximum atomic E-state index is 12.2. The summed E-state index contributed by atoms with van der Waals surface area (Å²) in [4.78, 5) is 42.1. The summed E-state index contributed by atoms with van der Waals surface area (Å²) in [5, 5.41) is 30.3. The summed E-state index contributed by atoms with van der Waals surface area (Å²) < 4.78 is 1.24. The molecule has 2 heterocycles. The number of hydrogen-bond donors (Lipinski definition) is 4. The number of aliphatic carboxylic acids is 2. The number of nitrogens with zero attached hydrogens (tertiary/aromatic N) is 3. The van der Waals surface area contributed by atoms with Crippen molar-refractivity contribution in [2.45, 2.75) is 18.9 Å². The van der Waals surface area contributed by atoms with Crippen LogP contribution in [0.4, 0.5) is 0 Å². The van der Waals surface area contributed by atoms with E-state index in [1.807, 2.05) is 0 Å². The molecule has 0 saturated carbocycles. The van der Waals surface area contributed by atoms with Crippen molar-refractivity contribution in [1.82, 2.24) is 19.9 Å². The number of hydrogen-bond acceptors (Lipinski definition) is 6. The van der Waals surface area contributed by atoms with Crippen LogP contribution in [0.1, 0.15) is 28.8 Å². The predicted molar refractivity (Wildman–Crippen MR) is 103 cm³/mol. The zero-order chi connectivity index (χ0) is 21.7. The lowest BCUT2D eigenvalue weighted by molar-refractivity contribution is -0.140. The van der Waals surface area contributed by atoms with Crippen LogP contribution in [0.25, 0.3) is 11.4 Å². The maximum Gasteiger partial charge on any atom is 0.326 e. The van der Waals surface area contributed by atoms with E-state index in [9.17, 15) is 19.5 Å². The first kappa shape index (κ1) is 20.3. The highest BCUT2D eigenvalue weighted by atomic mass is 16.4. The standard InChI is InChI=1S/C20H16N4O6/c25-16(26)6-5-15(20(29)30)23-18(27)13-3-1-12(2-4-13)8-10-24-11-22-17-14(19(24)28)7-9-21-17/h1-4,7,9,11,15,28H,5-6H2,(H,23,27)(H,25,26)(H,29,30)/t15-/m0/s1. The molecule has 3 rings (SSSR count). The summed E-state index contributed by atoms with van der Waals surface area (Å²) >= 11 is 0. The van der Waals surface area contributed by atoms with Crippen molar-refractivity contribution in [3.8, 4) is 29.2 Å². The fraction of sp³-hybridized carbons (Fsp3) is 0.150. The van der Waals surface area contributed by atoms with Crippen molar-refractivity contribution < 1.29 is 29.7 Å². The Hall–Kier alpha value is -4.39. The van der Waals surface area contributed by atoms with Gasteiger partial charge in [0.2, 0.25) is 5.88 Å². The lowest BCUT2D eigenvalue weighted by Gasteiger charge is -2.13. The van der Waals surface area contributed by atoms with E-state index in [0.717, 1.165) is 0 Å². The van der Waals surface area contributed by atoms with Crippen LogP contribution >= 0.6 is 0 Å². The highest BCUT2D eigenvalue weighted by molar-refractivity contribution is 5.96. The van der Waals surface area contributed by atoms with Gasteiger partial charge in [0, 0.05) is 29.8 Å². The van der Waals surface area contributed by atoms with Gasteiger partial charge < -0.3 is 20.6 Å². The van der Waals surface area contributed by atoms with Crippen LogP contribution in [0.2, 0.25) is 0 Å². The Bertz CT molecular complexity index is 1130. The lowest BCUT2D eigenvalue weighted by Crippen LogP contribution is -2.41. The first-order valence-corrected chi connectivity index (χ1v) is 8.73. The number of aromatic hydroxyl groups is 1. The number of amides is 1. The Morgan fingerprint density at radius 3 is 2.50 bits per heavy atom. The van der Waals surface area contributed by atoms with E-state index in [4.69, 9.17) is 10.2 Å². The Morgan fingerprint density at radius 1 is 1.10 bits per heavy atom. The van der Waals surface area contributed by atoms with Gasteiger partial charge in [-0.25, -0.2) is 19.3 Å². The quantitative estimate of drug-likeness (QED) is 0.440. The third-order valence-electron chi connectivity index (χ3n) is 4.16. The molecule has 152 valence electrons. The van der Waals surface area contributed by atoms with Crippen molar-refractivity contribution in [2.24, 2.45) is 0 Å². The zero-order valence-electron chi connectivity index (χ0n) is 15.4. The van der Waals surface area contributed by atoms with Crippen molar-refractivity contribution >= 4 is 17.8 Å². The van der Waals surface area contributed by atoms with Gasteiger partial charge in [-0.05, 0) is 42.7 Å². The highest BCUT2D eigenvalue weighted by Crippen LogP contribution is 2.26. The fourth-order valence-electron chi connectivity index (χ4n) is 2.58. The summed E-state index contributed by atoms with van der Waals surface area (Å²) in [7, 11) is 0. The van der Waals surface area contributed by atoms with E-state index in [1.165, 1.54) is 29.2 Å². The normalized spacial score (nSPS) is 11.3. The lowest BCUT2D eigenvalue weighted by atomic mass is 10.1. The average molecular weight is 408 g/mol. The minimum absolute atomic E-state index is 0.0953. The van der Waals surface area contributed by atoms with Crippen LogP contribution in [0.15, 0.2) is 42.9 Å². The van der Waals surface area contributed by atoms with Gasteiger partial charge in [0.1, 0.15) is 12.4 Å². The van der Waals surface area contributed by atoms with Crippen molar-refractivity contribution in [2.75, 3.05) is 0 Å². The molecule has 1 atom stereocenters. The number of carboxylic acids is 2. The third kappa shape index (κ3) is 4.71. The summed E-state index contributed by atoms with van der Waals surface area (Å²) in [5.41, 5.74) is 1.21. The van der Waals surface area contributed by atoms with Gasteiger partial charge >= 0.3 is 11.9 Å². The van der Waals surface area contributed by atoms with E-state index < -0.39 is 23.9 Å². The van der Waals surface area contributed by atoms with E-state index in [0.29, 0.717) is 17.0 Å². The molecule has 2 aliphatic heterocycles. The van der Waals surface area contributed by atoms with Gasteiger partial charge in [0.05, 0.1) is 5.56 Å². The van der Waals surface area contributed by atoms with Crippen LogP contribution < -0.4 is 5.32 Å². The SMILES string of the molecule is O=C(O)CC[C@H](NC(=O)c1ccc(C#Cn2cnc3nccc-3c2O)cc1)C(=O)O. The number of benzene rings is 1. The Morgan fingerprint density at radius 2 is 1.83 bits per heavy atom. The van der Waals surface area contributed by atoms with Gasteiger partial charge in [-0.2, -0.15) is 0 Å². The fourth-order valence-corrected chi connectivity index (χ4v) is 2.58. The number of carbonyl (C=O) groups is 3. The van der Waals surface area contributed by atoms with Gasteiger partial charge in [0.25, 0.3) is 5.91 Å². The molecule has 0 aliphatic carbocycles. The first-order chi connectivity index (χ1) is 14.3. The Labute approximate surface area is 170 Å². The number of nitrogens with one attached hydrogen (secondary N) is 1. The molecule has 1 aromatic rings. The molecule has 1 aromatic carbocycles. The van der Waals surface area contributed by atoms with Gasteiger partial charge in [-0.1, -0.05) is 0 Å². The monoisotopic (exact) mass is 408 g/mol. The van der Waals surface area contributed by atoms with Crippen LogP contribution in [0.3, 0.4) is 0 Å². The Balaban J connectivity index is 1.70. The molecular weight excluding hydrogens is 392 g/mol. The van der Waals surface area contributed by atoms with E-state index >= 15 is 0 Å². The topological polar surface area (TPSA) is 155 Å². The molecule has 0 spiro atoms. The number of carboxylic acid groups (broad SMARTS) is 2. The second-order valence-electron chi connectivity index (χ2n) is 6.23. The highest BCUT2D eigenvalue weighted by Gasteiger charge is 2.21. The van der Waals surface area contributed by atoms with Crippen LogP contribution in [0.5, 0.6) is 5.88 Å². The molecule has 0 unspecified atom stereocenters. The van der Waals surface area contributed by atoms with Gasteiger partial charge in [-0.15, -0.1) is 0 Å². The smallest absolute Gasteiger partial charge is 0.326 e. The second-order valence-corrected chi connectivity index (χ2v) is 6.23. The van der Waals surface area contributed by atoms with Crippen molar-refractivity contribution in [3.05, 3.63) is 54.0 Å². The summed E-state index contributed by atoms with van der Waals surface area (Å²) in [6.45, 7) is 0. The van der Waals surface area contributed by atoms with Crippen molar-refractivity contribution in [3.63, 3.8) is 0 Å². The van der Waals surface area contributed by atoms with Crippen molar-refractivity contribution in [1.29, 1.82) is 0 Å². The average Bonchev–Trinajstić information content (AvgIpc) is 3.20. The molecule has 10 heteroatoms. The maximum absolute atomic E-state index is 12.2. The molecule has 30 heavy (non-hydrogen) atoms. The van der Waals surface area contributed by atoms with Crippen LogP contribution in [-0.2, 0) is 9.59 Å². The molecule has 4 N–H and O–H groups in total. The zero-order valence-corrected chi connectivity index (χ0v) is 15.4. The first-order valence-electron chi connectivity index (χ1n) is 8.73.